The van der Waals surface area contributed by atoms with Gasteiger partial charge >= 0.3 is 0 Å². The molecule has 1 aliphatic heterocycles. The lowest BCUT2D eigenvalue weighted by Crippen LogP contribution is -2.50. The molecule has 1 aliphatic rings. The summed E-state index contributed by atoms with van der Waals surface area (Å²) in [7, 11) is 0. The molecular weight excluding hydrogens is 851 g/mol. The van der Waals surface area contributed by atoms with Gasteiger partial charge in [-0.2, -0.15) is 5.01 Å². The van der Waals surface area contributed by atoms with Crippen molar-refractivity contribution in [1.29, 1.82) is 0 Å². The first-order chi connectivity index (χ1) is 33.3. The highest BCUT2D eigenvalue weighted by atomic mass is 16.2. The molecule has 0 radical (unpaired) electrons. The first-order valence-electron chi connectivity index (χ1n) is 28.8. The SMILES string of the molecule is CCCCN(CNCCCNN(CCCC)C(C)CCCCCCNC(=O)CCCCCCCCCCCCCCCCCCCCCCCN(C(=O)CCC)N1C(=O)C=CC1=O)NCCCN. The van der Waals surface area contributed by atoms with Gasteiger partial charge in [0.1, 0.15) is 0 Å². The second kappa shape index (κ2) is 46.9. The molecule has 0 saturated carbocycles. The third kappa shape index (κ3) is 35.6. The van der Waals surface area contributed by atoms with Crippen LogP contribution in [0.3, 0.4) is 0 Å². The zero-order chi connectivity index (χ0) is 49.6. The molecule has 13 nitrogen and oxygen atoms in total. The number of unbranched alkanes of at least 4 members (excludes halogenated alkanes) is 25. The van der Waals surface area contributed by atoms with Gasteiger partial charge in [0.15, 0.2) is 0 Å². The number of nitrogens with zero attached hydrogens (tertiary/aromatic N) is 4. The Balaban J connectivity index is 1.89. The minimum absolute atomic E-state index is 0.151. The van der Waals surface area contributed by atoms with Crippen LogP contribution in [0.4, 0.5) is 0 Å². The molecule has 0 aliphatic carbocycles. The largest absolute Gasteiger partial charge is 0.356 e. The zero-order valence-electron chi connectivity index (χ0n) is 44.8. The number of nitrogens with two attached hydrogens (primary N) is 1. The van der Waals surface area contributed by atoms with Crippen molar-refractivity contribution in [3.05, 3.63) is 12.2 Å². The van der Waals surface area contributed by atoms with E-state index in [1.807, 2.05) is 6.92 Å². The second-order valence-corrected chi connectivity index (χ2v) is 19.8. The second-order valence-electron chi connectivity index (χ2n) is 19.8. The summed E-state index contributed by atoms with van der Waals surface area (Å²) in [5.74, 6) is -0.751. The maximum atomic E-state index is 12.5. The van der Waals surface area contributed by atoms with Gasteiger partial charge in [-0.3, -0.25) is 30.0 Å². The molecule has 0 aromatic carbocycles. The van der Waals surface area contributed by atoms with Crippen molar-refractivity contribution in [2.75, 3.05) is 59.0 Å². The Morgan fingerprint density at radius 1 is 0.529 bits per heavy atom. The Labute approximate surface area is 418 Å². The van der Waals surface area contributed by atoms with Crippen LogP contribution in [0.2, 0.25) is 0 Å². The predicted octanol–water partition coefficient (Wildman–Crippen LogP) is 11.0. The van der Waals surface area contributed by atoms with Gasteiger partial charge in [-0.05, 0) is 77.8 Å². The van der Waals surface area contributed by atoms with E-state index >= 15 is 0 Å². The first-order valence-corrected chi connectivity index (χ1v) is 28.8. The number of amides is 4. The van der Waals surface area contributed by atoms with Crippen LogP contribution in [0.25, 0.3) is 0 Å². The van der Waals surface area contributed by atoms with E-state index in [4.69, 9.17) is 5.73 Å². The van der Waals surface area contributed by atoms with Crippen LogP contribution in [-0.2, 0) is 19.2 Å². The lowest BCUT2D eigenvalue weighted by atomic mass is 10.0. The number of hydrogen-bond acceptors (Lipinski definition) is 10. The number of hydrazine groups is 3. The number of carbonyl (C=O) groups is 4. The van der Waals surface area contributed by atoms with Crippen LogP contribution in [0.15, 0.2) is 12.2 Å². The number of imide groups is 1. The average molecular weight is 961 g/mol. The molecule has 6 N–H and O–H groups in total. The Morgan fingerprint density at radius 3 is 1.57 bits per heavy atom. The molecule has 1 atom stereocenters. The first kappa shape index (κ1) is 63.6. The summed E-state index contributed by atoms with van der Waals surface area (Å²) in [4.78, 5) is 49.1. The van der Waals surface area contributed by atoms with E-state index in [0.29, 0.717) is 31.8 Å². The predicted molar refractivity (Wildman–Crippen MR) is 285 cm³/mol. The van der Waals surface area contributed by atoms with Crippen LogP contribution in [0.1, 0.15) is 252 Å². The summed E-state index contributed by atoms with van der Waals surface area (Å²) >= 11 is 0. The van der Waals surface area contributed by atoms with Crippen LogP contribution >= 0.6 is 0 Å². The van der Waals surface area contributed by atoms with Crippen molar-refractivity contribution >= 4 is 23.6 Å². The summed E-state index contributed by atoms with van der Waals surface area (Å²) in [5.41, 5.74) is 12.9. The third-order valence-electron chi connectivity index (χ3n) is 13.4. The van der Waals surface area contributed by atoms with Crippen molar-refractivity contribution in [2.45, 2.75) is 258 Å². The standard InChI is InChI=1S/C55H109N9O4/c1-5-8-47-61(59-45-35-42-56)50-57-43-36-46-60-62(48-9-6-2)51(4)38-31-28-29-33-44-58-52(65)39-32-27-25-23-21-19-17-15-13-11-10-12-14-16-18-20-22-24-26-30-34-49-63(53(66)37-7-3)64-54(67)40-41-55(64)68/h40-41,51,57,59-60H,5-39,42-50,56H2,1-4H3,(H,58,65). The van der Waals surface area contributed by atoms with Crippen LogP contribution in [0, 0.1) is 0 Å². The number of rotatable bonds is 52. The van der Waals surface area contributed by atoms with E-state index in [1.165, 1.54) is 178 Å². The minimum Gasteiger partial charge on any atom is -0.356 e. The summed E-state index contributed by atoms with van der Waals surface area (Å²) in [6.07, 6.45) is 43.5. The molecular formula is C55H109N9O4. The Kier molecular flexibility index (Phi) is 43.9. The zero-order valence-corrected chi connectivity index (χ0v) is 44.8. The fraction of sp³-hybridized carbons (Fsp3) is 0.891. The molecule has 0 fully saturated rings. The fourth-order valence-corrected chi connectivity index (χ4v) is 8.94. The van der Waals surface area contributed by atoms with Gasteiger partial charge in [-0.25, -0.2) is 15.0 Å². The smallest absolute Gasteiger partial charge is 0.272 e. The van der Waals surface area contributed by atoms with Crippen LogP contribution in [-0.4, -0.2) is 109 Å². The van der Waals surface area contributed by atoms with Gasteiger partial charge in [0, 0.05) is 70.3 Å². The van der Waals surface area contributed by atoms with E-state index in [2.05, 4.69) is 52.3 Å². The number of nitrogens with one attached hydrogen (secondary N) is 4. The van der Waals surface area contributed by atoms with Crippen LogP contribution < -0.4 is 27.2 Å². The molecule has 0 bridgehead atoms. The highest BCUT2D eigenvalue weighted by molar-refractivity contribution is 6.13. The van der Waals surface area contributed by atoms with Gasteiger partial charge in [-0.15, -0.1) is 0 Å². The number of hydrogen-bond donors (Lipinski definition) is 5. The lowest BCUT2D eigenvalue weighted by Gasteiger charge is -2.30. The van der Waals surface area contributed by atoms with E-state index in [-0.39, 0.29) is 11.8 Å². The lowest BCUT2D eigenvalue weighted by molar-refractivity contribution is -0.167. The van der Waals surface area contributed by atoms with Crippen molar-refractivity contribution < 1.29 is 19.2 Å². The topological polar surface area (TPSA) is 155 Å². The van der Waals surface area contributed by atoms with E-state index in [0.717, 1.165) is 102 Å². The molecule has 0 saturated heterocycles. The van der Waals surface area contributed by atoms with Crippen molar-refractivity contribution in [1.82, 2.24) is 41.5 Å². The highest BCUT2D eigenvalue weighted by Crippen LogP contribution is 2.17. The maximum absolute atomic E-state index is 12.5. The molecule has 1 rings (SSSR count). The number of carbonyl (C=O) groups excluding carboxylic acids is 4. The quantitative estimate of drug-likeness (QED) is 0.0172. The average Bonchev–Trinajstić information content (AvgIpc) is 3.66. The van der Waals surface area contributed by atoms with Gasteiger partial charge in [0.2, 0.25) is 11.8 Å². The summed E-state index contributed by atoms with van der Waals surface area (Å²) in [5, 5.41) is 13.9. The van der Waals surface area contributed by atoms with Crippen molar-refractivity contribution in [2.24, 2.45) is 5.73 Å². The van der Waals surface area contributed by atoms with Crippen molar-refractivity contribution in [3.63, 3.8) is 0 Å². The van der Waals surface area contributed by atoms with Gasteiger partial charge in [-0.1, -0.05) is 175 Å². The normalized spacial score (nSPS) is 13.2. The fourth-order valence-electron chi connectivity index (χ4n) is 8.94. The molecule has 1 heterocycles. The maximum Gasteiger partial charge on any atom is 0.272 e. The summed E-state index contributed by atoms with van der Waals surface area (Å²) in [6, 6.07) is 0.529. The third-order valence-corrected chi connectivity index (χ3v) is 13.4. The molecule has 13 heteroatoms. The van der Waals surface area contributed by atoms with Gasteiger partial charge in [0.05, 0.1) is 6.67 Å². The van der Waals surface area contributed by atoms with Crippen molar-refractivity contribution in [3.8, 4) is 0 Å². The minimum atomic E-state index is -0.417. The summed E-state index contributed by atoms with van der Waals surface area (Å²) in [6.45, 7) is 16.8. The Bertz CT molecular complexity index is 1220. The molecule has 1 unspecified atom stereocenters. The molecule has 0 aromatic heterocycles. The van der Waals surface area contributed by atoms with Gasteiger partial charge in [0.25, 0.3) is 11.8 Å². The van der Waals surface area contributed by atoms with E-state index in [9.17, 15) is 19.2 Å². The Hall–Kier alpha value is -2.42. The van der Waals surface area contributed by atoms with Crippen LogP contribution in [0.5, 0.6) is 0 Å². The molecule has 398 valence electrons. The van der Waals surface area contributed by atoms with E-state index < -0.39 is 11.8 Å². The molecule has 0 spiro atoms. The molecule has 68 heavy (non-hydrogen) atoms. The highest BCUT2D eigenvalue weighted by Gasteiger charge is 2.32. The Morgan fingerprint density at radius 2 is 1.03 bits per heavy atom. The monoisotopic (exact) mass is 960 g/mol. The van der Waals surface area contributed by atoms with Gasteiger partial charge < -0.3 is 16.4 Å². The van der Waals surface area contributed by atoms with E-state index in [1.54, 1.807) is 0 Å². The summed E-state index contributed by atoms with van der Waals surface area (Å²) < 4.78 is 0. The molecule has 4 amide bonds. The molecule has 0 aromatic rings.